The van der Waals surface area contributed by atoms with Gasteiger partial charge in [-0.25, -0.2) is 4.98 Å². The fourth-order valence-electron chi connectivity index (χ4n) is 1.78. The highest BCUT2D eigenvalue weighted by molar-refractivity contribution is 5.01. The van der Waals surface area contributed by atoms with E-state index in [1.807, 2.05) is 36.4 Å². The van der Waals surface area contributed by atoms with Crippen molar-refractivity contribution >= 4 is 0 Å². The van der Waals surface area contributed by atoms with Gasteiger partial charge in [-0.3, -0.25) is 4.68 Å². The number of nitrogens with two attached hydrogens (primary N) is 1. The Morgan fingerprint density at radius 2 is 2.19 bits per heavy atom. The van der Waals surface area contributed by atoms with Gasteiger partial charge in [0.05, 0.1) is 0 Å². The molecule has 0 atom stereocenters. The molecule has 2 N–H and O–H groups in total. The van der Waals surface area contributed by atoms with E-state index in [1.165, 1.54) is 5.69 Å². The van der Waals surface area contributed by atoms with Crippen LogP contribution in [0.5, 0.6) is 0 Å². The van der Waals surface area contributed by atoms with Gasteiger partial charge >= 0.3 is 0 Å². The quantitative estimate of drug-likeness (QED) is 0.790. The van der Waals surface area contributed by atoms with Crippen LogP contribution in [0.3, 0.4) is 0 Å². The Morgan fingerprint density at radius 1 is 1.31 bits per heavy atom. The molecule has 0 unspecified atom stereocenters. The molecule has 0 aliphatic rings. The normalized spacial score (nSPS) is 10.9. The van der Waals surface area contributed by atoms with Gasteiger partial charge in [0.2, 0.25) is 0 Å². The molecule has 5 nitrogen and oxygen atoms in total. The molecule has 2 aromatic heterocycles. The molecule has 86 valence electrons. The third kappa shape index (κ3) is 2.30. The monoisotopic (exact) mass is 219 g/mol. The molecular weight excluding hydrogens is 202 g/mol. The van der Waals surface area contributed by atoms with Gasteiger partial charge in [-0.2, -0.15) is 5.10 Å². The van der Waals surface area contributed by atoms with Gasteiger partial charge in [0.15, 0.2) is 0 Å². The second-order valence-electron chi connectivity index (χ2n) is 3.77. The molecule has 0 aromatic carbocycles. The van der Waals surface area contributed by atoms with Gasteiger partial charge < -0.3 is 10.3 Å². The van der Waals surface area contributed by atoms with Crippen LogP contribution in [0.15, 0.2) is 24.7 Å². The minimum absolute atomic E-state index is 0.642. The number of imidazole rings is 1. The number of rotatable bonds is 5. The largest absolute Gasteiger partial charge is 0.335 e. The summed E-state index contributed by atoms with van der Waals surface area (Å²) in [6.07, 6.45) is 7.45. The van der Waals surface area contributed by atoms with Crippen LogP contribution in [0.2, 0.25) is 0 Å². The minimum atomic E-state index is 0.642. The highest BCUT2D eigenvalue weighted by atomic mass is 15.3. The predicted octanol–water partition coefficient (Wildman–Crippen LogP) is 0.361. The van der Waals surface area contributed by atoms with Gasteiger partial charge in [-0.1, -0.05) is 0 Å². The fourth-order valence-corrected chi connectivity index (χ4v) is 1.78. The maximum absolute atomic E-state index is 5.54. The van der Waals surface area contributed by atoms with Crippen LogP contribution in [-0.4, -0.2) is 25.9 Å². The summed E-state index contributed by atoms with van der Waals surface area (Å²) in [5.41, 5.74) is 6.77. The Bertz CT molecular complexity index is 443. The summed E-state index contributed by atoms with van der Waals surface area (Å²) in [4.78, 5) is 4.29. The molecule has 0 spiro atoms. The highest BCUT2D eigenvalue weighted by Gasteiger charge is 2.03. The summed E-state index contributed by atoms with van der Waals surface area (Å²) >= 11 is 0. The van der Waals surface area contributed by atoms with Crippen molar-refractivity contribution in [2.75, 3.05) is 6.54 Å². The van der Waals surface area contributed by atoms with Crippen molar-refractivity contribution in [3.8, 4) is 0 Å². The van der Waals surface area contributed by atoms with Crippen LogP contribution in [0.4, 0.5) is 0 Å². The summed E-state index contributed by atoms with van der Waals surface area (Å²) in [5, 5.41) is 4.15. The van der Waals surface area contributed by atoms with Crippen molar-refractivity contribution < 1.29 is 0 Å². The van der Waals surface area contributed by atoms with Crippen LogP contribution in [0.1, 0.15) is 11.5 Å². The van der Waals surface area contributed by atoms with E-state index >= 15 is 0 Å². The molecule has 5 heteroatoms. The minimum Gasteiger partial charge on any atom is -0.335 e. The first-order valence-corrected chi connectivity index (χ1v) is 5.48. The van der Waals surface area contributed by atoms with E-state index in [-0.39, 0.29) is 0 Å². The first-order chi connectivity index (χ1) is 7.81. The molecule has 0 amide bonds. The van der Waals surface area contributed by atoms with Crippen molar-refractivity contribution in [3.63, 3.8) is 0 Å². The van der Waals surface area contributed by atoms with Gasteiger partial charge in [0.1, 0.15) is 5.82 Å². The lowest BCUT2D eigenvalue weighted by Crippen LogP contribution is -2.12. The van der Waals surface area contributed by atoms with Crippen molar-refractivity contribution in [2.45, 2.75) is 19.4 Å². The Balaban J connectivity index is 1.99. The second kappa shape index (κ2) is 4.94. The first kappa shape index (κ1) is 10.9. The predicted molar refractivity (Wildman–Crippen MR) is 61.9 cm³/mol. The van der Waals surface area contributed by atoms with E-state index in [0.717, 1.165) is 25.2 Å². The third-order valence-electron chi connectivity index (χ3n) is 2.70. The molecular formula is C11H17N5. The molecule has 0 aliphatic carbocycles. The summed E-state index contributed by atoms with van der Waals surface area (Å²) in [6, 6.07) is 2.04. The molecule has 0 saturated heterocycles. The molecule has 0 radical (unpaired) electrons. The maximum Gasteiger partial charge on any atom is 0.109 e. The third-order valence-corrected chi connectivity index (χ3v) is 2.70. The smallest absolute Gasteiger partial charge is 0.109 e. The Kier molecular flexibility index (Phi) is 3.36. The highest BCUT2D eigenvalue weighted by Crippen LogP contribution is 2.03. The SMILES string of the molecule is Cn1nccc1CCn1ccnc1CCN. The van der Waals surface area contributed by atoms with Crippen LogP contribution < -0.4 is 5.73 Å². The van der Waals surface area contributed by atoms with Crippen LogP contribution >= 0.6 is 0 Å². The zero-order valence-electron chi connectivity index (χ0n) is 9.50. The van der Waals surface area contributed by atoms with E-state index in [0.29, 0.717) is 6.54 Å². The van der Waals surface area contributed by atoms with E-state index in [9.17, 15) is 0 Å². The standard InChI is InChI=1S/C11H17N5/c1-15-10(3-6-14-15)4-8-16-9-7-13-11(16)2-5-12/h3,6-7,9H,2,4-5,8,12H2,1H3. The van der Waals surface area contributed by atoms with E-state index in [1.54, 1.807) is 0 Å². The zero-order chi connectivity index (χ0) is 11.4. The van der Waals surface area contributed by atoms with Gasteiger partial charge in [0.25, 0.3) is 0 Å². The van der Waals surface area contributed by atoms with Crippen molar-refractivity contribution in [2.24, 2.45) is 12.8 Å². The average molecular weight is 219 g/mol. The summed E-state index contributed by atoms with van der Waals surface area (Å²) < 4.78 is 4.05. The van der Waals surface area contributed by atoms with Gasteiger partial charge in [0, 0.05) is 50.7 Å². The van der Waals surface area contributed by atoms with E-state index < -0.39 is 0 Å². The van der Waals surface area contributed by atoms with E-state index in [2.05, 4.69) is 14.6 Å². The first-order valence-electron chi connectivity index (χ1n) is 5.48. The summed E-state index contributed by atoms with van der Waals surface area (Å²) in [5.74, 6) is 1.06. The fraction of sp³-hybridized carbons (Fsp3) is 0.455. The van der Waals surface area contributed by atoms with E-state index in [4.69, 9.17) is 5.73 Å². The molecule has 2 heterocycles. The molecule has 0 fully saturated rings. The Labute approximate surface area is 94.9 Å². The lowest BCUT2D eigenvalue weighted by atomic mass is 10.3. The van der Waals surface area contributed by atoms with Crippen molar-refractivity contribution in [1.29, 1.82) is 0 Å². The van der Waals surface area contributed by atoms with Gasteiger partial charge in [-0.15, -0.1) is 0 Å². The van der Waals surface area contributed by atoms with Crippen molar-refractivity contribution in [1.82, 2.24) is 19.3 Å². The van der Waals surface area contributed by atoms with Crippen LogP contribution in [-0.2, 0) is 26.4 Å². The Morgan fingerprint density at radius 3 is 2.88 bits per heavy atom. The lowest BCUT2D eigenvalue weighted by Gasteiger charge is -2.07. The number of aryl methyl sites for hydroxylation is 3. The molecule has 16 heavy (non-hydrogen) atoms. The Hall–Kier alpha value is -1.62. The molecule has 2 rings (SSSR count). The number of hydrogen-bond acceptors (Lipinski definition) is 3. The molecule has 0 saturated carbocycles. The van der Waals surface area contributed by atoms with Crippen molar-refractivity contribution in [3.05, 3.63) is 36.2 Å². The molecule has 0 aliphatic heterocycles. The van der Waals surface area contributed by atoms with Crippen LogP contribution in [0, 0.1) is 0 Å². The van der Waals surface area contributed by atoms with Gasteiger partial charge in [-0.05, 0) is 12.6 Å². The summed E-state index contributed by atoms with van der Waals surface area (Å²) in [7, 11) is 1.96. The lowest BCUT2D eigenvalue weighted by molar-refractivity contribution is 0.612. The maximum atomic E-state index is 5.54. The number of nitrogens with zero attached hydrogens (tertiary/aromatic N) is 4. The molecule has 0 bridgehead atoms. The average Bonchev–Trinajstić information content (AvgIpc) is 2.86. The summed E-state index contributed by atoms with van der Waals surface area (Å²) in [6.45, 7) is 1.57. The zero-order valence-corrected chi connectivity index (χ0v) is 9.50. The second-order valence-corrected chi connectivity index (χ2v) is 3.77. The van der Waals surface area contributed by atoms with Crippen LogP contribution in [0.25, 0.3) is 0 Å². The molecule has 2 aromatic rings. The number of hydrogen-bond donors (Lipinski definition) is 1. The topological polar surface area (TPSA) is 61.7 Å². The number of aromatic nitrogens is 4.